The predicted octanol–water partition coefficient (Wildman–Crippen LogP) is 3.04. The molecule has 5 heteroatoms. The molecule has 5 nitrogen and oxygen atoms in total. The van der Waals surface area contributed by atoms with Crippen molar-refractivity contribution in [2.45, 2.75) is 26.2 Å². The summed E-state index contributed by atoms with van der Waals surface area (Å²) in [5, 5.41) is 8.09. The summed E-state index contributed by atoms with van der Waals surface area (Å²) in [6, 6.07) is 12.5. The lowest BCUT2D eigenvalue weighted by Crippen LogP contribution is -2.20. The number of aliphatic imine (C=N–C) groups is 1. The Balaban J connectivity index is 1.96. The maximum Gasteiger partial charge on any atom is 0.166 e. The highest BCUT2D eigenvalue weighted by Crippen LogP contribution is 2.25. The minimum Gasteiger partial charge on any atom is -0.368 e. The summed E-state index contributed by atoms with van der Waals surface area (Å²) in [7, 11) is 0. The van der Waals surface area contributed by atoms with Crippen LogP contribution in [0.1, 0.15) is 32.2 Å². The zero-order valence-corrected chi connectivity index (χ0v) is 14.2. The summed E-state index contributed by atoms with van der Waals surface area (Å²) < 4.78 is 1.89. The van der Waals surface area contributed by atoms with Crippen molar-refractivity contribution in [3.05, 3.63) is 54.0 Å². The van der Waals surface area contributed by atoms with E-state index in [1.165, 1.54) is 0 Å². The average molecular weight is 319 g/mol. The second kappa shape index (κ2) is 5.44. The molecule has 0 amide bonds. The van der Waals surface area contributed by atoms with Crippen LogP contribution in [0.25, 0.3) is 16.8 Å². The van der Waals surface area contributed by atoms with Crippen LogP contribution in [-0.4, -0.2) is 33.5 Å². The normalized spacial score (nSPS) is 14.7. The summed E-state index contributed by atoms with van der Waals surface area (Å²) >= 11 is 0. The molecule has 122 valence electrons. The second-order valence-corrected chi connectivity index (χ2v) is 7.12. The van der Waals surface area contributed by atoms with E-state index in [-0.39, 0.29) is 5.41 Å². The molecule has 0 saturated heterocycles. The fourth-order valence-electron chi connectivity index (χ4n) is 2.84. The van der Waals surface area contributed by atoms with Crippen LogP contribution >= 0.6 is 0 Å². The Morgan fingerprint density at radius 3 is 2.54 bits per heavy atom. The molecule has 3 heterocycles. The first-order valence-electron chi connectivity index (χ1n) is 8.27. The van der Waals surface area contributed by atoms with Crippen molar-refractivity contribution in [3.63, 3.8) is 0 Å². The van der Waals surface area contributed by atoms with Gasteiger partial charge in [0.1, 0.15) is 5.84 Å². The highest BCUT2D eigenvalue weighted by molar-refractivity contribution is 6.05. The van der Waals surface area contributed by atoms with Gasteiger partial charge in [0.2, 0.25) is 0 Å². The maximum absolute atomic E-state index is 4.79. The number of pyridine rings is 1. The highest BCUT2D eigenvalue weighted by Gasteiger charge is 2.23. The Labute approximate surface area is 141 Å². The van der Waals surface area contributed by atoms with Crippen LogP contribution in [0.2, 0.25) is 0 Å². The van der Waals surface area contributed by atoms with E-state index in [2.05, 4.69) is 49.3 Å². The van der Waals surface area contributed by atoms with Gasteiger partial charge in [0.15, 0.2) is 11.5 Å². The third-order valence-electron chi connectivity index (χ3n) is 4.14. The molecular weight excluding hydrogens is 298 g/mol. The molecule has 0 atom stereocenters. The largest absolute Gasteiger partial charge is 0.368 e. The van der Waals surface area contributed by atoms with Gasteiger partial charge in [0, 0.05) is 23.7 Å². The Hall–Kier alpha value is -2.69. The molecule has 1 aromatic carbocycles. The molecule has 0 saturated carbocycles. The smallest absolute Gasteiger partial charge is 0.166 e. The van der Waals surface area contributed by atoms with E-state index in [1.54, 1.807) is 0 Å². The second-order valence-electron chi connectivity index (χ2n) is 7.12. The highest BCUT2D eigenvalue weighted by atomic mass is 15.3. The Kier molecular flexibility index (Phi) is 3.37. The Morgan fingerprint density at radius 2 is 1.88 bits per heavy atom. The van der Waals surface area contributed by atoms with E-state index in [0.29, 0.717) is 0 Å². The van der Waals surface area contributed by atoms with Crippen molar-refractivity contribution < 1.29 is 0 Å². The third-order valence-corrected chi connectivity index (χ3v) is 4.14. The van der Waals surface area contributed by atoms with Crippen LogP contribution in [0.3, 0.4) is 0 Å². The molecule has 1 aliphatic rings. The van der Waals surface area contributed by atoms with Crippen LogP contribution < -0.4 is 5.32 Å². The lowest BCUT2D eigenvalue weighted by Gasteiger charge is -2.11. The fraction of sp³-hybridized carbons (Fsp3) is 0.316. The summed E-state index contributed by atoms with van der Waals surface area (Å²) in [4.78, 5) is 9.38. The number of nitrogens with one attached hydrogen (secondary N) is 1. The van der Waals surface area contributed by atoms with Gasteiger partial charge in [-0.05, 0) is 11.6 Å². The molecular formula is C19H21N5. The van der Waals surface area contributed by atoms with Crippen molar-refractivity contribution in [1.82, 2.24) is 19.9 Å². The number of nitrogens with zero attached hydrogens (tertiary/aromatic N) is 4. The predicted molar refractivity (Wildman–Crippen MR) is 96.5 cm³/mol. The summed E-state index contributed by atoms with van der Waals surface area (Å²) in [5.74, 6) is 1.75. The first-order chi connectivity index (χ1) is 11.5. The number of hydrogen-bond acceptors (Lipinski definition) is 4. The third kappa shape index (κ3) is 2.56. The van der Waals surface area contributed by atoms with Gasteiger partial charge in [0.05, 0.1) is 12.1 Å². The van der Waals surface area contributed by atoms with E-state index in [9.17, 15) is 0 Å². The molecule has 0 unspecified atom stereocenters. The molecule has 24 heavy (non-hydrogen) atoms. The van der Waals surface area contributed by atoms with E-state index in [4.69, 9.17) is 10.1 Å². The summed E-state index contributed by atoms with van der Waals surface area (Å²) in [5.41, 5.74) is 4.04. The van der Waals surface area contributed by atoms with Crippen molar-refractivity contribution in [1.29, 1.82) is 0 Å². The van der Waals surface area contributed by atoms with E-state index in [1.807, 2.05) is 28.9 Å². The van der Waals surface area contributed by atoms with E-state index in [0.717, 1.165) is 47.1 Å². The minimum absolute atomic E-state index is 0.0961. The van der Waals surface area contributed by atoms with Crippen LogP contribution in [0.4, 0.5) is 0 Å². The van der Waals surface area contributed by atoms with Crippen LogP contribution in [0.5, 0.6) is 0 Å². The van der Waals surface area contributed by atoms with Crippen LogP contribution in [0, 0.1) is 0 Å². The molecule has 2 aromatic heterocycles. The van der Waals surface area contributed by atoms with Crippen LogP contribution in [0.15, 0.2) is 47.6 Å². The van der Waals surface area contributed by atoms with Crippen molar-refractivity contribution in [2.24, 2.45) is 4.99 Å². The fourth-order valence-corrected chi connectivity index (χ4v) is 2.84. The van der Waals surface area contributed by atoms with E-state index >= 15 is 0 Å². The standard InChI is InChI=1S/C19H21N5/c1-19(2,3)18-22-17-15(16-20-9-10-21-16)11-14(12-24(17)23-18)13-7-5-4-6-8-13/h4-8,11-12H,9-10H2,1-3H3,(H,20,21). The quantitative estimate of drug-likeness (QED) is 0.790. The zero-order valence-electron chi connectivity index (χ0n) is 14.2. The molecule has 1 aliphatic heterocycles. The van der Waals surface area contributed by atoms with Crippen molar-refractivity contribution in [2.75, 3.05) is 13.1 Å². The molecule has 1 N–H and O–H groups in total. The van der Waals surface area contributed by atoms with Gasteiger partial charge in [-0.15, -0.1) is 0 Å². The number of fused-ring (bicyclic) bond motifs is 1. The molecule has 4 rings (SSSR count). The molecule has 3 aromatic rings. The average Bonchev–Trinajstić information content (AvgIpc) is 3.23. The first-order valence-corrected chi connectivity index (χ1v) is 8.27. The van der Waals surface area contributed by atoms with Gasteiger partial charge in [0.25, 0.3) is 0 Å². The summed E-state index contributed by atoms with van der Waals surface area (Å²) in [6.07, 6.45) is 2.05. The van der Waals surface area contributed by atoms with Gasteiger partial charge >= 0.3 is 0 Å². The molecule has 0 fully saturated rings. The lowest BCUT2D eigenvalue weighted by molar-refractivity contribution is 0.545. The van der Waals surface area contributed by atoms with Crippen LogP contribution in [-0.2, 0) is 5.41 Å². The SMILES string of the molecule is CC(C)(C)c1nc2c(C3=NCCN3)cc(-c3ccccc3)cn2n1. The summed E-state index contributed by atoms with van der Waals surface area (Å²) in [6.45, 7) is 8.06. The van der Waals surface area contributed by atoms with Gasteiger partial charge in [-0.25, -0.2) is 9.50 Å². The van der Waals surface area contributed by atoms with Crippen molar-refractivity contribution >= 4 is 11.5 Å². The minimum atomic E-state index is -0.0961. The number of amidine groups is 1. The van der Waals surface area contributed by atoms with Gasteiger partial charge in [-0.3, -0.25) is 4.99 Å². The number of benzene rings is 1. The molecule has 0 spiro atoms. The zero-order chi connectivity index (χ0) is 16.7. The lowest BCUT2D eigenvalue weighted by atomic mass is 9.96. The van der Waals surface area contributed by atoms with Gasteiger partial charge in [-0.2, -0.15) is 5.10 Å². The first kappa shape index (κ1) is 14.9. The van der Waals surface area contributed by atoms with Gasteiger partial charge < -0.3 is 5.32 Å². The van der Waals surface area contributed by atoms with Crippen molar-refractivity contribution in [3.8, 4) is 11.1 Å². The molecule has 0 bridgehead atoms. The Morgan fingerprint density at radius 1 is 1.08 bits per heavy atom. The molecule has 0 aliphatic carbocycles. The van der Waals surface area contributed by atoms with Gasteiger partial charge in [-0.1, -0.05) is 51.1 Å². The maximum atomic E-state index is 4.79. The number of rotatable bonds is 2. The number of aromatic nitrogens is 3. The molecule has 0 radical (unpaired) electrons. The number of hydrogen-bond donors (Lipinski definition) is 1. The monoisotopic (exact) mass is 319 g/mol. The van der Waals surface area contributed by atoms with E-state index < -0.39 is 0 Å². The topological polar surface area (TPSA) is 54.6 Å². The Bertz CT molecular complexity index is 916.